The number of fused-ring (bicyclic) bond motifs is 4. The van der Waals surface area contributed by atoms with Crippen molar-refractivity contribution in [1.29, 1.82) is 0 Å². The number of carboxylic acid groups (broad SMARTS) is 1. The number of phenolic OH excluding ortho intramolecular Hbond substituents is 1. The number of rotatable bonds is 2. The van der Waals surface area contributed by atoms with Gasteiger partial charge in [0.15, 0.2) is 0 Å². The molecule has 1 aliphatic carbocycles. The Balaban J connectivity index is 1.80. The Labute approximate surface area is 153 Å². The monoisotopic (exact) mass is 354 g/mol. The van der Waals surface area contributed by atoms with E-state index in [1.54, 1.807) is 12.1 Å². The second-order valence-corrected chi connectivity index (χ2v) is 8.57. The molecular formula is C21H26N2O3. The predicted octanol–water partition coefficient (Wildman–Crippen LogP) is 3.12. The third-order valence-corrected chi connectivity index (χ3v) is 7.61. The van der Waals surface area contributed by atoms with Crippen molar-refractivity contribution in [1.82, 2.24) is 9.88 Å². The van der Waals surface area contributed by atoms with Gasteiger partial charge in [0.25, 0.3) is 0 Å². The van der Waals surface area contributed by atoms with E-state index < -0.39 is 11.4 Å². The molecule has 138 valence electrons. The second kappa shape index (κ2) is 5.26. The van der Waals surface area contributed by atoms with Gasteiger partial charge in [0, 0.05) is 35.7 Å². The number of benzene rings is 1. The van der Waals surface area contributed by atoms with E-state index in [1.807, 2.05) is 6.07 Å². The van der Waals surface area contributed by atoms with Crippen LogP contribution < -0.4 is 0 Å². The van der Waals surface area contributed by atoms with Crippen molar-refractivity contribution in [3.05, 3.63) is 29.5 Å². The molecule has 4 heterocycles. The first kappa shape index (κ1) is 16.2. The van der Waals surface area contributed by atoms with Crippen molar-refractivity contribution in [2.45, 2.75) is 44.6 Å². The number of aromatic hydroxyl groups is 1. The smallest absolute Gasteiger partial charge is 0.317 e. The molecular weight excluding hydrogens is 328 g/mol. The summed E-state index contributed by atoms with van der Waals surface area (Å²) in [7, 11) is 0. The van der Waals surface area contributed by atoms with Gasteiger partial charge in [-0.2, -0.15) is 0 Å². The maximum atomic E-state index is 12.8. The average molecular weight is 354 g/mol. The summed E-state index contributed by atoms with van der Waals surface area (Å²) in [4.78, 5) is 18.8. The topological polar surface area (TPSA) is 76.6 Å². The van der Waals surface area contributed by atoms with Gasteiger partial charge in [0.05, 0.1) is 0 Å². The maximum absolute atomic E-state index is 12.8. The van der Waals surface area contributed by atoms with Gasteiger partial charge in [-0.3, -0.25) is 9.69 Å². The van der Waals surface area contributed by atoms with Crippen LogP contribution >= 0.6 is 0 Å². The molecule has 1 saturated carbocycles. The first-order valence-electron chi connectivity index (χ1n) is 9.79. The van der Waals surface area contributed by atoms with E-state index in [4.69, 9.17) is 0 Å². The lowest BCUT2D eigenvalue weighted by atomic mass is 9.53. The molecule has 5 heteroatoms. The van der Waals surface area contributed by atoms with E-state index >= 15 is 0 Å². The first-order valence-corrected chi connectivity index (χ1v) is 9.79. The van der Waals surface area contributed by atoms with Gasteiger partial charge in [-0.15, -0.1) is 0 Å². The SMILES string of the molecule is CC[C@@H]1C2N3CCc4c([nH]c5ccc(O)cc45)[C@]2(C(=O)O)CC(C3)[C@@H]1C. The van der Waals surface area contributed by atoms with Gasteiger partial charge in [-0.05, 0) is 54.4 Å². The third-order valence-electron chi connectivity index (χ3n) is 7.61. The molecule has 6 atom stereocenters. The lowest BCUT2D eigenvalue weighted by Crippen LogP contribution is -2.69. The quantitative estimate of drug-likeness (QED) is 0.774. The Morgan fingerprint density at radius 1 is 1.42 bits per heavy atom. The van der Waals surface area contributed by atoms with Gasteiger partial charge in [-0.25, -0.2) is 0 Å². The molecule has 3 fully saturated rings. The van der Waals surface area contributed by atoms with E-state index in [9.17, 15) is 15.0 Å². The highest BCUT2D eigenvalue weighted by Crippen LogP contribution is 2.57. The molecule has 1 aromatic heterocycles. The summed E-state index contributed by atoms with van der Waals surface area (Å²) < 4.78 is 0. The normalized spacial score (nSPS) is 38.2. The zero-order chi connectivity index (χ0) is 18.2. The first-order chi connectivity index (χ1) is 12.5. The van der Waals surface area contributed by atoms with Crippen molar-refractivity contribution in [2.75, 3.05) is 13.1 Å². The number of carboxylic acids is 1. The molecule has 3 aliphatic heterocycles. The minimum absolute atomic E-state index is 0.0490. The highest BCUT2D eigenvalue weighted by atomic mass is 16.4. The summed E-state index contributed by atoms with van der Waals surface area (Å²) in [6, 6.07) is 5.37. The van der Waals surface area contributed by atoms with Gasteiger partial charge in [-0.1, -0.05) is 20.3 Å². The van der Waals surface area contributed by atoms with Crippen molar-refractivity contribution in [2.24, 2.45) is 17.8 Å². The molecule has 3 N–H and O–H groups in total. The number of nitrogens with zero attached hydrogens (tertiary/aromatic N) is 1. The molecule has 4 bridgehead atoms. The number of H-pyrrole nitrogens is 1. The predicted molar refractivity (Wildman–Crippen MR) is 99.4 cm³/mol. The number of hydrogen-bond acceptors (Lipinski definition) is 3. The summed E-state index contributed by atoms with van der Waals surface area (Å²) in [5.74, 6) is 0.944. The summed E-state index contributed by atoms with van der Waals surface area (Å²) in [6.45, 7) is 6.44. The van der Waals surface area contributed by atoms with Crippen LogP contribution in [0, 0.1) is 17.8 Å². The lowest BCUT2D eigenvalue weighted by Gasteiger charge is -2.60. The molecule has 2 aromatic rings. The summed E-state index contributed by atoms with van der Waals surface area (Å²) in [5, 5.41) is 21.5. The van der Waals surface area contributed by atoms with Crippen molar-refractivity contribution < 1.29 is 15.0 Å². The van der Waals surface area contributed by atoms with Crippen LogP contribution in [0.4, 0.5) is 0 Å². The highest BCUT2D eigenvalue weighted by Gasteiger charge is 2.64. The minimum Gasteiger partial charge on any atom is -0.508 e. The number of carbonyl (C=O) groups is 1. The fourth-order valence-corrected chi connectivity index (χ4v) is 6.48. The Bertz CT molecular complexity index is 904. The van der Waals surface area contributed by atoms with E-state index in [0.717, 1.165) is 48.1 Å². The van der Waals surface area contributed by atoms with Crippen LogP contribution in [0.15, 0.2) is 18.2 Å². The van der Waals surface area contributed by atoms with Crippen LogP contribution in [-0.2, 0) is 16.6 Å². The van der Waals surface area contributed by atoms with Crippen LogP contribution in [0.1, 0.15) is 37.9 Å². The van der Waals surface area contributed by atoms with Crippen LogP contribution in [0.5, 0.6) is 5.75 Å². The molecule has 0 radical (unpaired) electrons. The molecule has 0 spiro atoms. The molecule has 0 amide bonds. The van der Waals surface area contributed by atoms with E-state index in [-0.39, 0.29) is 11.8 Å². The van der Waals surface area contributed by atoms with Gasteiger partial charge < -0.3 is 15.2 Å². The summed E-state index contributed by atoms with van der Waals surface area (Å²) in [6.07, 6.45) is 2.57. The van der Waals surface area contributed by atoms with Crippen LogP contribution in [0.25, 0.3) is 10.9 Å². The van der Waals surface area contributed by atoms with Crippen LogP contribution in [0.3, 0.4) is 0 Å². The van der Waals surface area contributed by atoms with E-state index in [1.165, 1.54) is 0 Å². The fourth-order valence-electron chi connectivity index (χ4n) is 6.48. The molecule has 4 aliphatic rings. The third kappa shape index (κ3) is 1.82. The number of aromatic amines is 1. The highest BCUT2D eigenvalue weighted by molar-refractivity contribution is 5.91. The standard InChI is InChI=1S/C21H26N2O3/c1-3-14-11(2)12-9-21(20(25)26)18-15(6-7-23(10-12)19(14)21)16-8-13(24)4-5-17(16)22-18/h4-5,8,11-12,14,19,22,24H,3,6-7,9-10H2,1-2H3,(H,25,26)/t11-,12?,14-,19?,21+/m0/s1. The fraction of sp³-hybridized carbons (Fsp3) is 0.571. The molecule has 5 nitrogen and oxygen atoms in total. The van der Waals surface area contributed by atoms with E-state index in [2.05, 4.69) is 23.7 Å². The molecule has 1 aromatic carbocycles. The van der Waals surface area contributed by atoms with Crippen molar-refractivity contribution >= 4 is 16.9 Å². The van der Waals surface area contributed by atoms with Gasteiger partial charge in [0.1, 0.15) is 11.2 Å². The number of aromatic nitrogens is 1. The Kier molecular flexibility index (Phi) is 3.27. The zero-order valence-corrected chi connectivity index (χ0v) is 15.3. The largest absolute Gasteiger partial charge is 0.508 e. The average Bonchev–Trinajstić information content (AvgIpc) is 2.94. The Hall–Kier alpha value is -2.01. The van der Waals surface area contributed by atoms with Gasteiger partial charge in [0.2, 0.25) is 0 Å². The number of piperidine rings is 2. The van der Waals surface area contributed by atoms with Crippen LogP contribution in [0.2, 0.25) is 0 Å². The number of aliphatic carboxylic acids is 1. The van der Waals surface area contributed by atoms with E-state index in [0.29, 0.717) is 24.2 Å². The summed E-state index contributed by atoms with van der Waals surface area (Å²) in [5.41, 5.74) is 2.06. The number of nitrogens with one attached hydrogen (secondary N) is 1. The zero-order valence-electron chi connectivity index (χ0n) is 15.3. The van der Waals surface area contributed by atoms with Crippen molar-refractivity contribution in [3.8, 4) is 5.75 Å². The summed E-state index contributed by atoms with van der Waals surface area (Å²) >= 11 is 0. The minimum atomic E-state index is -0.865. The maximum Gasteiger partial charge on any atom is 0.317 e. The number of hydrogen-bond donors (Lipinski definition) is 3. The number of phenols is 1. The molecule has 6 rings (SSSR count). The molecule has 26 heavy (non-hydrogen) atoms. The Morgan fingerprint density at radius 2 is 2.23 bits per heavy atom. The Morgan fingerprint density at radius 3 is 2.96 bits per heavy atom. The van der Waals surface area contributed by atoms with Crippen molar-refractivity contribution in [3.63, 3.8) is 0 Å². The molecule has 3 unspecified atom stereocenters. The van der Waals surface area contributed by atoms with Gasteiger partial charge >= 0.3 is 5.97 Å². The second-order valence-electron chi connectivity index (χ2n) is 8.57. The molecule has 2 saturated heterocycles. The lowest BCUT2D eigenvalue weighted by molar-refractivity contribution is -0.163. The van der Waals surface area contributed by atoms with Crippen LogP contribution in [-0.4, -0.2) is 45.2 Å².